The fourth-order valence-corrected chi connectivity index (χ4v) is 2.85. The van der Waals surface area contributed by atoms with Crippen molar-refractivity contribution in [3.8, 4) is 11.5 Å². The van der Waals surface area contributed by atoms with Gasteiger partial charge in [0.2, 0.25) is 0 Å². The average molecular weight is 373 g/mol. The summed E-state index contributed by atoms with van der Waals surface area (Å²) in [5, 5.41) is 6.65. The standard InChI is InChI=1S/C21H28FN3O2/c1-15(19-14-18(26-3)10-11-20(19)27-4)25-21(23-2)24-12-6-8-16-7-5-9-17(22)13-16/h5,7,9-11,13-15H,6,8,12H2,1-4H3,(H2,23,24,25). The molecule has 0 saturated carbocycles. The van der Waals surface area contributed by atoms with Crippen LogP contribution < -0.4 is 20.1 Å². The maximum absolute atomic E-state index is 13.2. The van der Waals surface area contributed by atoms with Gasteiger partial charge in [-0.1, -0.05) is 12.1 Å². The molecule has 5 nitrogen and oxygen atoms in total. The third-order valence-corrected chi connectivity index (χ3v) is 4.30. The lowest BCUT2D eigenvalue weighted by Crippen LogP contribution is -2.39. The lowest BCUT2D eigenvalue weighted by atomic mass is 10.1. The molecule has 6 heteroatoms. The van der Waals surface area contributed by atoms with Crippen LogP contribution in [0.15, 0.2) is 47.5 Å². The highest BCUT2D eigenvalue weighted by Gasteiger charge is 2.14. The van der Waals surface area contributed by atoms with E-state index < -0.39 is 0 Å². The van der Waals surface area contributed by atoms with Gasteiger partial charge >= 0.3 is 0 Å². The zero-order valence-electron chi connectivity index (χ0n) is 16.4. The Balaban J connectivity index is 1.89. The highest BCUT2D eigenvalue weighted by Crippen LogP contribution is 2.29. The zero-order chi connectivity index (χ0) is 19.6. The van der Waals surface area contributed by atoms with E-state index in [1.165, 1.54) is 6.07 Å². The molecule has 0 aliphatic heterocycles. The summed E-state index contributed by atoms with van der Waals surface area (Å²) in [4.78, 5) is 4.27. The minimum absolute atomic E-state index is 0.0236. The topological polar surface area (TPSA) is 54.9 Å². The van der Waals surface area contributed by atoms with Crippen LogP contribution in [0.25, 0.3) is 0 Å². The van der Waals surface area contributed by atoms with E-state index in [-0.39, 0.29) is 11.9 Å². The quantitative estimate of drug-likeness (QED) is 0.421. The first-order chi connectivity index (χ1) is 13.1. The molecule has 0 heterocycles. The number of halogens is 1. The van der Waals surface area contributed by atoms with Gasteiger partial charge in [-0.3, -0.25) is 4.99 Å². The van der Waals surface area contributed by atoms with Crippen molar-refractivity contribution in [3.05, 3.63) is 59.4 Å². The van der Waals surface area contributed by atoms with Crippen molar-refractivity contribution in [2.75, 3.05) is 27.8 Å². The van der Waals surface area contributed by atoms with Crippen molar-refractivity contribution in [1.82, 2.24) is 10.6 Å². The van der Waals surface area contributed by atoms with Gasteiger partial charge in [0, 0.05) is 19.2 Å². The van der Waals surface area contributed by atoms with E-state index >= 15 is 0 Å². The summed E-state index contributed by atoms with van der Waals surface area (Å²) < 4.78 is 24.0. The fourth-order valence-electron chi connectivity index (χ4n) is 2.85. The minimum Gasteiger partial charge on any atom is -0.497 e. The first-order valence-corrected chi connectivity index (χ1v) is 9.01. The van der Waals surface area contributed by atoms with Crippen LogP contribution in [-0.2, 0) is 6.42 Å². The van der Waals surface area contributed by atoms with Gasteiger partial charge in [-0.25, -0.2) is 4.39 Å². The van der Waals surface area contributed by atoms with Crippen LogP contribution in [0.4, 0.5) is 4.39 Å². The lowest BCUT2D eigenvalue weighted by Gasteiger charge is -2.21. The first kappa shape index (κ1) is 20.6. The molecule has 146 valence electrons. The van der Waals surface area contributed by atoms with Crippen molar-refractivity contribution in [3.63, 3.8) is 0 Å². The van der Waals surface area contributed by atoms with Crippen molar-refractivity contribution in [1.29, 1.82) is 0 Å². The Hall–Kier alpha value is -2.76. The van der Waals surface area contributed by atoms with Gasteiger partial charge in [-0.05, 0) is 55.7 Å². The smallest absolute Gasteiger partial charge is 0.191 e. The summed E-state index contributed by atoms with van der Waals surface area (Å²) in [7, 11) is 5.03. The summed E-state index contributed by atoms with van der Waals surface area (Å²) >= 11 is 0. The van der Waals surface area contributed by atoms with Crippen molar-refractivity contribution >= 4 is 5.96 Å². The summed E-state index contributed by atoms with van der Waals surface area (Å²) in [6, 6.07) is 12.4. The number of methoxy groups -OCH3 is 2. The Morgan fingerprint density at radius 3 is 2.63 bits per heavy atom. The van der Waals surface area contributed by atoms with Gasteiger partial charge in [0.05, 0.1) is 20.3 Å². The SMILES string of the molecule is CN=C(NCCCc1cccc(F)c1)NC(C)c1cc(OC)ccc1OC. The summed E-state index contributed by atoms with van der Waals surface area (Å²) in [6.45, 7) is 2.77. The van der Waals surface area contributed by atoms with Crippen LogP contribution in [0.2, 0.25) is 0 Å². The lowest BCUT2D eigenvalue weighted by molar-refractivity contribution is 0.394. The van der Waals surface area contributed by atoms with Gasteiger partial charge in [0.15, 0.2) is 5.96 Å². The van der Waals surface area contributed by atoms with E-state index in [0.717, 1.165) is 42.0 Å². The molecule has 1 atom stereocenters. The van der Waals surface area contributed by atoms with E-state index in [4.69, 9.17) is 9.47 Å². The molecule has 0 spiro atoms. The highest BCUT2D eigenvalue weighted by molar-refractivity contribution is 5.80. The van der Waals surface area contributed by atoms with E-state index in [2.05, 4.69) is 15.6 Å². The molecule has 0 amide bonds. The second kappa shape index (κ2) is 10.4. The predicted octanol–water partition coefficient (Wildman–Crippen LogP) is 3.70. The fraction of sp³-hybridized carbons (Fsp3) is 0.381. The van der Waals surface area contributed by atoms with Crippen molar-refractivity contribution in [2.45, 2.75) is 25.8 Å². The predicted molar refractivity (Wildman–Crippen MR) is 107 cm³/mol. The van der Waals surface area contributed by atoms with E-state index in [1.54, 1.807) is 33.4 Å². The Morgan fingerprint density at radius 2 is 1.96 bits per heavy atom. The van der Waals surface area contributed by atoms with Crippen LogP contribution in [0, 0.1) is 5.82 Å². The van der Waals surface area contributed by atoms with Crippen LogP contribution in [-0.4, -0.2) is 33.8 Å². The van der Waals surface area contributed by atoms with Gasteiger partial charge in [-0.15, -0.1) is 0 Å². The first-order valence-electron chi connectivity index (χ1n) is 9.01. The maximum atomic E-state index is 13.2. The van der Waals surface area contributed by atoms with Gasteiger partial charge in [0.1, 0.15) is 17.3 Å². The molecule has 0 radical (unpaired) electrons. The van der Waals surface area contributed by atoms with Gasteiger partial charge in [0.25, 0.3) is 0 Å². The second-order valence-corrected chi connectivity index (χ2v) is 6.21. The van der Waals surface area contributed by atoms with Crippen LogP contribution in [0.3, 0.4) is 0 Å². The second-order valence-electron chi connectivity index (χ2n) is 6.21. The highest BCUT2D eigenvalue weighted by atomic mass is 19.1. The third-order valence-electron chi connectivity index (χ3n) is 4.30. The zero-order valence-corrected chi connectivity index (χ0v) is 16.4. The number of ether oxygens (including phenoxy) is 2. The Bertz CT molecular complexity index is 765. The molecule has 0 saturated heterocycles. The molecular formula is C21H28FN3O2. The monoisotopic (exact) mass is 373 g/mol. The number of hydrogen-bond acceptors (Lipinski definition) is 3. The number of nitrogens with one attached hydrogen (secondary N) is 2. The summed E-state index contributed by atoms with van der Waals surface area (Å²) in [6.07, 6.45) is 1.68. The number of guanidine groups is 1. The molecule has 2 rings (SSSR count). The van der Waals surface area contributed by atoms with E-state index in [9.17, 15) is 4.39 Å². The minimum atomic E-state index is -0.195. The Morgan fingerprint density at radius 1 is 1.15 bits per heavy atom. The van der Waals surface area contributed by atoms with Crippen molar-refractivity contribution in [2.24, 2.45) is 4.99 Å². The Kier molecular flexibility index (Phi) is 7.92. The molecule has 2 aromatic carbocycles. The number of aliphatic imine (C=N–C) groups is 1. The molecule has 0 aliphatic carbocycles. The van der Waals surface area contributed by atoms with Crippen LogP contribution in [0.5, 0.6) is 11.5 Å². The van der Waals surface area contributed by atoms with E-state index in [1.807, 2.05) is 31.2 Å². The molecule has 0 bridgehead atoms. The summed E-state index contributed by atoms with van der Waals surface area (Å²) in [5.74, 6) is 2.07. The maximum Gasteiger partial charge on any atom is 0.191 e. The van der Waals surface area contributed by atoms with Crippen LogP contribution >= 0.6 is 0 Å². The number of rotatable bonds is 8. The molecular weight excluding hydrogens is 345 g/mol. The largest absolute Gasteiger partial charge is 0.497 e. The average Bonchev–Trinajstić information content (AvgIpc) is 2.69. The number of nitrogens with zero attached hydrogens (tertiary/aromatic N) is 1. The van der Waals surface area contributed by atoms with Crippen molar-refractivity contribution < 1.29 is 13.9 Å². The number of benzene rings is 2. The van der Waals surface area contributed by atoms with E-state index in [0.29, 0.717) is 5.96 Å². The number of aryl methyl sites for hydroxylation is 1. The molecule has 0 aromatic heterocycles. The third kappa shape index (κ3) is 6.16. The normalized spacial score (nSPS) is 12.4. The molecule has 2 aromatic rings. The van der Waals surface area contributed by atoms with Crippen LogP contribution in [0.1, 0.15) is 30.5 Å². The molecule has 1 unspecified atom stereocenters. The molecule has 0 fully saturated rings. The van der Waals surface area contributed by atoms with Gasteiger partial charge < -0.3 is 20.1 Å². The van der Waals surface area contributed by atoms with Gasteiger partial charge in [-0.2, -0.15) is 0 Å². The Labute approximate surface area is 160 Å². The molecule has 2 N–H and O–H groups in total. The summed E-state index contributed by atoms with van der Waals surface area (Å²) in [5.41, 5.74) is 1.98. The molecule has 27 heavy (non-hydrogen) atoms. The molecule has 0 aliphatic rings. The number of hydrogen-bond donors (Lipinski definition) is 2.